The van der Waals surface area contributed by atoms with E-state index in [-0.39, 0.29) is 18.0 Å². The van der Waals surface area contributed by atoms with Crippen LogP contribution in [0.2, 0.25) is 0 Å². The predicted octanol–water partition coefficient (Wildman–Crippen LogP) is 4.54. The third-order valence-corrected chi connectivity index (χ3v) is 4.05. The zero-order chi connectivity index (χ0) is 15.1. The van der Waals surface area contributed by atoms with Crippen LogP contribution in [0.1, 0.15) is 73.1 Å². The first kappa shape index (κ1) is 17.5. The molecule has 0 aliphatic heterocycles. The monoisotopic (exact) mass is 284 g/mol. The van der Waals surface area contributed by atoms with Crippen LogP contribution in [0.5, 0.6) is 0 Å². The zero-order valence-electron chi connectivity index (χ0n) is 13.9. The highest BCUT2D eigenvalue weighted by molar-refractivity contribution is 5.72. The van der Waals surface area contributed by atoms with Gasteiger partial charge in [0.05, 0.1) is 12.0 Å². The largest absolute Gasteiger partial charge is 0.436 e. The van der Waals surface area contributed by atoms with Crippen LogP contribution in [0.3, 0.4) is 0 Å². The molecule has 0 bridgehead atoms. The predicted molar refractivity (Wildman–Crippen MR) is 81.3 cm³/mol. The molecule has 1 rings (SSSR count). The molecule has 0 N–H and O–H groups in total. The Morgan fingerprint density at radius 1 is 1.05 bits per heavy atom. The van der Waals surface area contributed by atoms with Crippen LogP contribution in [0.25, 0.3) is 0 Å². The highest BCUT2D eigenvalue weighted by Crippen LogP contribution is 2.24. The SMILES string of the molecule is CC(C)CC(C(=O)OC(C)OC1CCCCC1)C(C)C. The second-order valence-electron chi connectivity index (χ2n) is 6.88. The van der Waals surface area contributed by atoms with E-state index < -0.39 is 6.29 Å². The third kappa shape index (κ3) is 6.25. The van der Waals surface area contributed by atoms with Crippen LogP contribution >= 0.6 is 0 Å². The van der Waals surface area contributed by atoms with E-state index in [1.807, 2.05) is 6.92 Å². The molecule has 0 aromatic rings. The molecule has 0 heterocycles. The second kappa shape index (κ2) is 8.66. The van der Waals surface area contributed by atoms with E-state index in [0.717, 1.165) is 19.3 Å². The number of hydrogen-bond donors (Lipinski definition) is 0. The molecule has 2 atom stereocenters. The standard InChI is InChI=1S/C17H32O3/c1-12(2)11-16(13(3)4)17(18)20-14(5)19-15-9-7-6-8-10-15/h12-16H,6-11H2,1-5H3. The summed E-state index contributed by atoms with van der Waals surface area (Å²) < 4.78 is 11.4. The van der Waals surface area contributed by atoms with Crippen molar-refractivity contribution in [1.82, 2.24) is 0 Å². The van der Waals surface area contributed by atoms with Gasteiger partial charge < -0.3 is 9.47 Å². The van der Waals surface area contributed by atoms with Gasteiger partial charge in [-0.3, -0.25) is 4.79 Å². The van der Waals surface area contributed by atoms with E-state index in [1.165, 1.54) is 19.3 Å². The molecule has 1 saturated carbocycles. The summed E-state index contributed by atoms with van der Waals surface area (Å²) in [4.78, 5) is 12.3. The van der Waals surface area contributed by atoms with Crippen molar-refractivity contribution in [2.24, 2.45) is 17.8 Å². The molecule has 2 unspecified atom stereocenters. The molecule has 1 fully saturated rings. The first-order chi connectivity index (χ1) is 9.40. The molecule has 0 aromatic carbocycles. The second-order valence-corrected chi connectivity index (χ2v) is 6.88. The molecule has 0 amide bonds. The lowest BCUT2D eigenvalue weighted by Crippen LogP contribution is -2.31. The van der Waals surface area contributed by atoms with Crippen LogP contribution < -0.4 is 0 Å². The molecule has 0 saturated heterocycles. The minimum Gasteiger partial charge on any atom is -0.436 e. The summed E-state index contributed by atoms with van der Waals surface area (Å²) in [5.74, 6) is 0.695. The third-order valence-electron chi connectivity index (χ3n) is 4.05. The Labute approximate surface area is 124 Å². The van der Waals surface area contributed by atoms with Gasteiger partial charge in [0.25, 0.3) is 0 Å². The fraction of sp³-hybridized carbons (Fsp3) is 0.941. The molecule has 3 heteroatoms. The number of hydrogen-bond acceptors (Lipinski definition) is 3. The quantitative estimate of drug-likeness (QED) is 0.508. The first-order valence-corrected chi connectivity index (χ1v) is 8.26. The van der Waals surface area contributed by atoms with Crippen molar-refractivity contribution in [3.8, 4) is 0 Å². The Kier molecular flexibility index (Phi) is 7.57. The number of carbonyl (C=O) groups excluding carboxylic acids is 1. The van der Waals surface area contributed by atoms with Gasteiger partial charge >= 0.3 is 5.97 Å². The Hall–Kier alpha value is -0.570. The Bertz CT molecular complexity index is 280. The summed E-state index contributed by atoms with van der Waals surface area (Å²) in [7, 11) is 0. The lowest BCUT2D eigenvalue weighted by molar-refractivity contribution is -0.193. The highest BCUT2D eigenvalue weighted by Gasteiger charge is 2.27. The molecule has 118 valence electrons. The maximum absolute atomic E-state index is 12.3. The molecule has 1 aliphatic carbocycles. The first-order valence-electron chi connectivity index (χ1n) is 8.26. The summed E-state index contributed by atoms with van der Waals surface area (Å²) in [5.41, 5.74) is 0. The fourth-order valence-corrected chi connectivity index (χ4v) is 2.90. The van der Waals surface area contributed by atoms with Crippen LogP contribution in [-0.4, -0.2) is 18.4 Å². The number of rotatable bonds is 7. The normalized spacial score (nSPS) is 20.1. The van der Waals surface area contributed by atoms with Crippen molar-refractivity contribution in [2.45, 2.75) is 85.5 Å². The van der Waals surface area contributed by atoms with Crippen molar-refractivity contribution >= 4 is 5.97 Å². The van der Waals surface area contributed by atoms with E-state index in [0.29, 0.717) is 11.8 Å². The fourth-order valence-electron chi connectivity index (χ4n) is 2.90. The molecular weight excluding hydrogens is 252 g/mol. The highest BCUT2D eigenvalue weighted by atomic mass is 16.7. The van der Waals surface area contributed by atoms with E-state index in [9.17, 15) is 4.79 Å². The number of carbonyl (C=O) groups is 1. The van der Waals surface area contributed by atoms with Gasteiger partial charge in [-0.2, -0.15) is 0 Å². The van der Waals surface area contributed by atoms with Gasteiger partial charge in [0.2, 0.25) is 0 Å². The number of ether oxygens (including phenoxy) is 2. The molecule has 0 aromatic heterocycles. The maximum atomic E-state index is 12.3. The van der Waals surface area contributed by atoms with Gasteiger partial charge in [-0.05, 0) is 38.0 Å². The van der Waals surface area contributed by atoms with Gasteiger partial charge in [0, 0.05) is 0 Å². The minimum atomic E-state index is -0.418. The van der Waals surface area contributed by atoms with E-state index >= 15 is 0 Å². The molecule has 3 nitrogen and oxygen atoms in total. The summed E-state index contributed by atoms with van der Waals surface area (Å²) in [6, 6.07) is 0. The van der Waals surface area contributed by atoms with Gasteiger partial charge in [0.1, 0.15) is 0 Å². The van der Waals surface area contributed by atoms with Gasteiger partial charge in [-0.15, -0.1) is 0 Å². The molecular formula is C17H32O3. The topological polar surface area (TPSA) is 35.5 Å². The number of esters is 1. The molecule has 0 radical (unpaired) electrons. The molecule has 1 aliphatic rings. The lowest BCUT2D eigenvalue weighted by Gasteiger charge is -2.27. The average Bonchev–Trinajstić information content (AvgIpc) is 2.36. The van der Waals surface area contributed by atoms with Crippen molar-refractivity contribution in [3.05, 3.63) is 0 Å². The van der Waals surface area contributed by atoms with Gasteiger partial charge in [0.15, 0.2) is 6.29 Å². The van der Waals surface area contributed by atoms with Gasteiger partial charge in [-0.25, -0.2) is 0 Å². The van der Waals surface area contributed by atoms with Crippen molar-refractivity contribution in [2.75, 3.05) is 0 Å². The smallest absolute Gasteiger partial charge is 0.311 e. The van der Waals surface area contributed by atoms with Crippen molar-refractivity contribution in [3.63, 3.8) is 0 Å². The van der Waals surface area contributed by atoms with Crippen molar-refractivity contribution in [1.29, 1.82) is 0 Å². The van der Waals surface area contributed by atoms with Crippen LogP contribution in [-0.2, 0) is 14.3 Å². The zero-order valence-corrected chi connectivity index (χ0v) is 13.9. The lowest BCUT2D eigenvalue weighted by atomic mass is 9.88. The van der Waals surface area contributed by atoms with E-state index in [4.69, 9.17) is 9.47 Å². The summed E-state index contributed by atoms with van der Waals surface area (Å²) >= 11 is 0. The van der Waals surface area contributed by atoms with E-state index in [1.54, 1.807) is 0 Å². The summed E-state index contributed by atoms with van der Waals surface area (Å²) in [5, 5.41) is 0. The molecule has 0 spiro atoms. The van der Waals surface area contributed by atoms with Crippen molar-refractivity contribution < 1.29 is 14.3 Å². The van der Waals surface area contributed by atoms with Crippen LogP contribution in [0, 0.1) is 17.8 Å². The Balaban J connectivity index is 2.41. The Morgan fingerprint density at radius 3 is 2.15 bits per heavy atom. The average molecular weight is 284 g/mol. The molecule has 20 heavy (non-hydrogen) atoms. The van der Waals surface area contributed by atoms with Gasteiger partial charge in [-0.1, -0.05) is 47.0 Å². The summed E-state index contributed by atoms with van der Waals surface area (Å²) in [6.45, 7) is 10.3. The van der Waals surface area contributed by atoms with Crippen LogP contribution in [0.4, 0.5) is 0 Å². The Morgan fingerprint density at radius 2 is 1.65 bits per heavy atom. The van der Waals surface area contributed by atoms with E-state index in [2.05, 4.69) is 27.7 Å². The summed E-state index contributed by atoms with van der Waals surface area (Å²) in [6.07, 6.45) is 6.70. The van der Waals surface area contributed by atoms with Crippen LogP contribution in [0.15, 0.2) is 0 Å². The maximum Gasteiger partial charge on any atom is 0.311 e. The minimum absolute atomic E-state index is 0.0209.